The lowest BCUT2D eigenvalue weighted by atomic mass is 9.98. The maximum Gasteiger partial charge on any atom is 0.338 e. The highest BCUT2D eigenvalue weighted by Gasteiger charge is 2.20. The number of nitrogens with zero attached hydrogens (tertiary/aromatic N) is 4. The van der Waals surface area contributed by atoms with Crippen molar-refractivity contribution >= 4 is 40.4 Å². The van der Waals surface area contributed by atoms with Gasteiger partial charge in [0.2, 0.25) is 5.95 Å². The number of azo groups is 1. The Bertz CT molecular complexity index is 1110. The third-order valence-electron chi connectivity index (χ3n) is 4.88. The Labute approximate surface area is 162 Å². The number of fused-ring (bicyclic) bond motifs is 2. The second-order valence-electron chi connectivity index (χ2n) is 6.87. The molecule has 1 aliphatic rings. The van der Waals surface area contributed by atoms with Crippen LogP contribution in [0.1, 0.15) is 34.8 Å². The number of aromatic carboxylic acids is 1. The number of carboxylic acids is 1. The zero-order valence-electron chi connectivity index (χ0n) is 15.8. The van der Waals surface area contributed by atoms with E-state index in [4.69, 9.17) is 0 Å². The summed E-state index contributed by atoms with van der Waals surface area (Å²) in [6.07, 6.45) is 5.91. The van der Waals surface area contributed by atoms with Gasteiger partial charge in [0.15, 0.2) is 0 Å². The van der Waals surface area contributed by atoms with Crippen LogP contribution in [0, 0.1) is 0 Å². The van der Waals surface area contributed by atoms with Crippen molar-refractivity contribution in [3.05, 3.63) is 53.1 Å². The molecule has 7 nitrogen and oxygen atoms in total. The summed E-state index contributed by atoms with van der Waals surface area (Å²) in [4.78, 5) is 21.3. The molecule has 0 saturated heterocycles. The number of aromatic nitrogens is 2. The molecule has 0 saturated carbocycles. The second kappa shape index (κ2) is 7.26. The molecule has 0 bridgehead atoms. The number of imidazole rings is 1. The lowest BCUT2D eigenvalue weighted by molar-refractivity contribution is 0.0697. The molecular formula is C21H21N5O2. The van der Waals surface area contributed by atoms with E-state index in [1.807, 2.05) is 50.4 Å². The molecule has 2 heterocycles. The van der Waals surface area contributed by atoms with Crippen molar-refractivity contribution in [1.82, 2.24) is 9.97 Å². The molecule has 0 spiro atoms. The molecule has 0 fully saturated rings. The van der Waals surface area contributed by atoms with E-state index in [0.717, 1.165) is 47.2 Å². The molecule has 28 heavy (non-hydrogen) atoms. The molecule has 4 rings (SSSR count). The van der Waals surface area contributed by atoms with Gasteiger partial charge in [-0.2, -0.15) is 0 Å². The minimum atomic E-state index is -1.02. The number of hydrogen-bond acceptors (Lipinski definition) is 5. The standard InChI is InChI=1S/C21H21N5O2/c1-3-5-13-7-8-16-18(10-13)23-21(22-16)25-24-17-11-14-6-4-9-26(2)19(14)12-15(17)20(27)28/h3,5,7-8,10-12H,4,6,9H2,1-2H3,(H,22,23)(H,27,28)/b5-3+,25-24?. The average molecular weight is 375 g/mol. The van der Waals surface area contributed by atoms with Gasteiger partial charge in [-0.25, -0.2) is 9.78 Å². The summed E-state index contributed by atoms with van der Waals surface area (Å²) < 4.78 is 0. The van der Waals surface area contributed by atoms with Gasteiger partial charge in [-0.1, -0.05) is 18.2 Å². The number of nitrogens with one attached hydrogen (secondary N) is 1. The molecule has 0 amide bonds. The Morgan fingerprint density at radius 2 is 2.14 bits per heavy atom. The van der Waals surface area contributed by atoms with Gasteiger partial charge in [-0.15, -0.1) is 10.2 Å². The molecule has 2 N–H and O–H groups in total. The van der Waals surface area contributed by atoms with Crippen LogP contribution in [0.15, 0.2) is 46.6 Å². The molecule has 3 aromatic rings. The molecular weight excluding hydrogens is 354 g/mol. The molecule has 2 aromatic carbocycles. The third kappa shape index (κ3) is 3.38. The summed E-state index contributed by atoms with van der Waals surface area (Å²) in [6.45, 7) is 2.88. The van der Waals surface area contributed by atoms with Crippen molar-refractivity contribution in [2.75, 3.05) is 18.5 Å². The van der Waals surface area contributed by atoms with Crippen molar-refractivity contribution in [2.24, 2.45) is 10.2 Å². The number of benzene rings is 2. The average Bonchev–Trinajstić information content (AvgIpc) is 3.08. The maximum atomic E-state index is 11.7. The van der Waals surface area contributed by atoms with E-state index < -0.39 is 5.97 Å². The summed E-state index contributed by atoms with van der Waals surface area (Å²) in [5, 5.41) is 18.0. The topological polar surface area (TPSA) is 93.9 Å². The Morgan fingerprint density at radius 1 is 1.29 bits per heavy atom. The summed E-state index contributed by atoms with van der Waals surface area (Å²) in [7, 11) is 1.97. The van der Waals surface area contributed by atoms with Gasteiger partial charge in [0.05, 0.1) is 16.6 Å². The first-order chi connectivity index (χ1) is 13.5. The lowest BCUT2D eigenvalue weighted by Gasteiger charge is -2.28. The minimum absolute atomic E-state index is 0.141. The van der Waals surface area contributed by atoms with Crippen LogP contribution in [0.25, 0.3) is 17.1 Å². The van der Waals surface area contributed by atoms with Gasteiger partial charge >= 0.3 is 5.97 Å². The summed E-state index contributed by atoms with van der Waals surface area (Å²) in [5.74, 6) is -0.671. The molecule has 0 radical (unpaired) electrons. The van der Waals surface area contributed by atoms with Crippen LogP contribution in [0.3, 0.4) is 0 Å². The number of allylic oxidation sites excluding steroid dienone is 1. The quantitative estimate of drug-likeness (QED) is 0.621. The number of H-pyrrole nitrogens is 1. The normalized spacial score (nSPS) is 14.3. The largest absolute Gasteiger partial charge is 0.478 e. The van der Waals surface area contributed by atoms with Crippen molar-refractivity contribution in [1.29, 1.82) is 0 Å². The summed E-state index contributed by atoms with van der Waals surface area (Å²) >= 11 is 0. The molecule has 1 aromatic heterocycles. The Balaban J connectivity index is 1.71. The summed E-state index contributed by atoms with van der Waals surface area (Å²) in [5.41, 5.74) is 5.23. The molecule has 0 atom stereocenters. The van der Waals surface area contributed by atoms with E-state index >= 15 is 0 Å². The lowest BCUT2D eigenvalue weighted by Crippen LogP contribution is -2.25. The van der Waals surface area contributed by atoms with Crippen LogP contribution in [0.4, 0.5) is 17.3 Å². The number of hydrogen-bond donors (Lipinski definition) is 2. The highest BCUT2D eigenvalue weighted by atomic mass is 16.4. The number of carbonyl (C=O) groups is 1. The van der Waals surface area contributed by atoms with E-state index in [1.54, 1.807) is 6.07 Å². The second-order valence-corrected chi connectivity index (χ2v) is 6.87. The predicted octanol–water partition coefficient (Wildman–Crippen LogP) is 5.09. The first-order valence-electron chi connectivity index (χ1n) is 9.20. The van der Waals surface area contributed by atoms with Crippen LogP contribution >= 0.6 is 0 Å². The van der Waals surface area contributed by atoms with E-state index in [-0.39, 0.29) is 5.56 Å². The number of aryl methyl sites for hydroxylation is 1. The fourth-order valence-electron chi connectivity index (χ4n) is 3.52. The van der Waals surface area contributed by atoms with E-state index in [0.29, 0.717) is 11.6 Å². The minimum Gasteiger partial charge on any atom is -0.478 e. The van der Waals surface area contributed by atoms with Crippen molar-refractivity contribution in [3.8, 4) is 0 Å². The Morgan fingerprint density at radius 3 is 2.93 bits per heavy atom. The van der Waals surface area contributed by atoms with Gasteiger partial charge in [-0.05, 0) is 55.2 Å². The fourth-order valence-corrected chi connectivity index (χ4v) is 3.52. The van der Waals surface area contributed by atoms with Crippen LogP contribution in [-0.2, 0) is 6.42 Å². The van der Waals surface area contributed by atoms with Gasteiger partial charge in [0.1, 0.15) is 5.69 Å². The number of aromatic amines is 1. The van der Waals surface area contributed by atoms with Crippen LogP contribution < -0.4 is 4.90 Å². The van der Waals surface area contributed by atoms with Crippen molar-refractivity contribution in [2.45, 2.75) is 19.8 Å². The van der Waals surface area contributed by atoms with E-state index in [2.05, 4.69) is 25.1 Å². The number of anilines is 1. The molecule has 0 unspecified atom stereocenters. The number of rotatable bonds is 4. The third-order valence-corrected chi connectivity index (χ3v) is 4.88. The van der Waals surface area contributed by atoms with Gasteiger partial charge in [0.25, 0.3) is 0 Å². The molecule has 1 aliphatic heterocycles. The van der Waals surface area contributed by atoms with E-state index in [1.165, 1.54) is 0 Å². The van der Waals surface area contributed by atoms with Gasteiger partial charge < -0.3 is 15.0 Å². The highest BCUT2D eigenvalue weighted by Crippen LogP contribution is 2.34. The Kier molecular flexibility index (Phi) is 4.65. The zero-order chi connectivity index (χ0) is 19.7. The van der Waals surface area contributed by atoms with Crippen LogP contribution in [-0.4, -0.2) is 34.6 Å². The van der Waals surface area contributed by atoms with Gasteiger partial charge in [0, 0.05) is 19.3 Å². The van der Waals surface area contributed by atoms with Crippen molar-refractivity contribution < 1.29 is 9.90 Å². The maximum absolute atomic E-state index is 11.7. The van der Waals surface area contributed by atoms with Crippen LogP contribution in [0.2, 0.25) is 0 Å². The monoisotopic (exact) mass is 375 g/mol. The Hall–Kier alpha value is -3.48. The smallest absolute Gasteiger partial charge is 0.338 e. The van der Waals surface area contributed by atoms with Crippen LogP contribution in [0.5, 0.6) is 0 Å². The summed E-state index contributed by atoms with van der Waals surface area (Å²) in [6, 6.07) is 9.39. The predicted molar refractivity (Wildman–Crippen MR) is 110 cm³/mol. The van der Waals surface area contributed by atoms with E-state index in [9.17, 15) is 9.90 Å². The first-order valence-corrected chi connectivity index (χ1v) is 9.20. The van der Waals surface area contributed by atoms with Crippen molar-refractivity contribution in [3.63, 3.8) is 0 Å². The number of carboxylic acid groups (broad SMARTS) is 1. The first kappa shape index (κ1) is 17.9. The molecule has 7 heteroatoms. The highest BCUT2D eigenvalue weighted by molar-refractivity contribution is 5.95. The SMILES string of the molecule is C/C=C/c1ccc2nc(N=Nc3cc4c(cc3C(=O)O)N(C)CCC4)[nH]c2c1. The zero-order valence-corrected chi connectivity index (χ0v) is 15.8. The molecule has 142 valence electrons. The molecule has 0 aliphatic carbocycles. The fraction of sp³-hybridized carbons (Fsp3) is 0.238. The van der Waals surface area contributed by atoms with Gasteiger partial charge in [-0.3, -0.25) is 0 Å².